The second kappa shape index (κ2) is 1.32. The Morgan fingerprint density at radius 3 is 2.56 bits per heavy atom. The van der Waals surface area contributed by atoms with Gasteiger partial charge in [0.1, 0.15) is 0 Å². The molecule has 0 spiro atoms. The maximum atomic E-state index is 5.65. The van der Waals surface area contributed by atoms with Crippen LogP contribution in [0.3, 0.4) is 0 Å². The highest BCUT2D eigenvalue weighted by atomic mass is 15.0. The Hall–Kier alpha value is -0.0800. The van der Waals surface area contributed by atoms with Crippen molar-refractivity contribution in [1.82, 2.24) is 5.32 Å². The minimum Gasteiger partial charge on any atom is -0.330 e. The Labute approximate surface area is 55.8 Å². The van der Waals surface area contributed by atoms with E-state index in [0.29, 0.717) is 10.8 Å². The first kappa shape index (κ1) is 5.69. The molecular weight excluding hydrogens is 112 g/mol. The summed E-state index contributed by atoms with van der Waals surface area (Å²) in [4.78, 5) is 0. The topological polar surface area (TPSA) is 38.0 Å². The molecule has 0 radical (unpaired) electrons. The Morgan fingerprint density at radius 1 is 1.56 bits per heavy atom. The Kier molecular flexibility index (Phi) is 0.837. The highest BCUT2D eigenvalue weighted by molar-refractivity contribution is 5.18. The molecule has 2 aliphatic rings. The number of hydrogen-bond donors (Lipinski definition) is 2. The van der Waals surface area contributed by atoms with E-state index in [9.17, 15) is 0 Å². The molecule has 2 nitrogen and oxygen atoms in total. The normalized spacial score (nSPS) is 55.3. The second-order valence-electron chi connectivity index (χ2n) is 3.83. The fourth-order valence-electron chi connectivity index (χ4n) is 2.20. The van der Waals surface area contributed by atoms with Crippen molar-refractivity contribution in [2.24, 2.45) is 16.6 Å². The Morgan fingerprint density at radius 2 is 2.33 bits per heavy atom. The van der Waals surface area contributed by atoms with Crippen LogP contribution in [-0.4, -0.2) is 19.6 Å². The van der Waals surface area contributed by atoms with Crippen LogP contribution in [-0.2, 0) is 0 Å². The molecule has 1 aliphatic carbocycles. The highest BCUT2D eigenvalue weighted by Crippen LogP contribution is 2.64. The number of piperidine rings is 1. The number of nitrogens with two attached hydrogens (primary N) is 1. The van der Waals surface area contributed by atoms with Gasteiger partial charge < -0.3 is 11.1 Å². The van der Waals surface area contributed by atoms with Gasteiger partial charge in [0.2, 0.25) is 0 Å². The second-order valence-corrected chi connectivity index (χ2v) is 3.83. The van der Waals surface area contributed by atoms with Gasteiger partial charge in [-0.05, 0) is 18.4 Å². The SMILES string of the molecule is CC12CNCC1(CN)C2. The lowest BCUT2D eigenvalue weighted by Crippen LogP contribution is -2.23. The van der Waals surface area contributed by atoms with Crippen LogP contribution in [0, 0.1) is 10.8 Å². The summed E-state index contributed by atoms with van der Waals surface area (Å²) in [7, 11) is 0. The van der Waals surface area contributed by atoms with Gasteiger partial charge in [0.15, 0.2) is 0 Å². The third-order valence-electron chi connectivity index (χ3n) is 3.25. The molecule has 0 amide bonds. The van der Waals surface area contributed by atoms with E-state index in [1.807, 2.05) is 0 Å². The molecule has 2 rings (SSSR count). The van der Waals surface area contributed by atoms with Crippen molar-refractivity contribution in [3.05, 3.63) is 0 Å². The quantitative estimate of drug-likeness (QED) is 0.517. The Bertz CT molecular complexity index is 142. The van der Waals surface area contributed by atoms with Crippen LogP contribution in [0.15, 0.2) is 0 Å². The Balaban J connectivity index is 2.19. The number of nitrogens with one attached hydrogen (secondary N) is 1. The zero-order chi connectivity index (χ0) is 6.54. The minimum absolute atomic E-state index is 0.507. The third kappa shape index (κ3) is 0.485. The summed E-state index contributed by atoms with van der Waals surface area (Å²) in [5.41, 5.74) is 6.73. The van der Waals surface area contributed by atoms with Crippen molar-refractivity contribution in [3.63, 3.8) is 0 Å². The van der Waals surface area contributed by atoms with Gasteiger partial charge in [-0.2, -0.15) is 0 Å². The van der Waals surface area contributed by atoms with Crippen molar-refractivity contribution in [2.45, 2.75) is 13.3 Å². The number of rotatable bonds is 1. The largest absolute Gasteiger partial charge is 0.330 e. The minimum atomic E-state index is 0.507. The molecule has 9 heavy (non-hydrogen) atoms. The summed E-state index contributed by atoms with van der Waals surface area (Å²) >= 11 is 0. The molecular formula is C7H14N2. The summed E-state index contributed by atoms with van der Waals surface area (Å²) in [5.74, 6) is 0. The lowest BCUT2D eigenvalue weighted by molar-refractivity contribution is 0.462. The monoisotopic (exact) mass is 126 g/mol. The van der Waals surface area contributed by atoms with Crippen molar-refractivity contribution >= 4 is 0 Å². The summed E-state index contributed by atoms with van der Waals surface area (Å²) in [6.45, 7) is 5.54. The summed E-state index contributed by atoms with van der Waals surface area (Å²) in [6.07, 6.45) is 1.35. The van der Waals surface area contributed by atoms with Crippen LogP contribution in [0.25, 0.3) is 0 Å². The van der Waals surface area contributed by atoms with E-state index in [1.165, 1.54) is 13.0 Å². The average molecular weight is 126 g/mol. The molecule has 2 atom stereocenters. The summed E-state index contributed by atoms with van der Waals surface area (Å²) in [6, 6.07) is 0. The van der Waals surface area contributed by atoms with Crippen molar-refractivity contribution in [2.75, 3.05) is 19.6 Å². The molecule has 1 saturated carbocycles. The van der Waals surface area contributed by atoms with Crippen LogP contribution in [0.4, 0.5) is 0 Å². The molecule has 0 aromatic heterocycles. The smallest absolute Gasteiger partial charge is 0.00261 e. The van der Waals surface area contributed by atoms with E-state index in [1.54, 1.807) is 0 Å². The van der Waals surface area contributed by atoms with E-state index in [-0.39, 0.29) is 0 Å². The zero-order valence-corrected chi connectivity index (χ0v) is 5.91. The highest BCUT2D eigenvalue weighted by Gasteiger charge is 2.65. The lowest BCUT2D eigenvalue weighted by atomic mass is 9.99. The molecule has 0 aromatic carbocycles. The van der Waals surface area contributed by atoms with Crippen LogP contribution in [0.1, 0.15) is 13.3 Å². The van der Waals surface area contributed by atoms with E-state index in [4.69, 9.17) is 5.73 Å². The predicted molar refractivity (Wildman–Crippen MR) is 37.1 cm³/mol. The van der Waals surface area contributed by atoms with E-state index < -0.39 is 0 Å². The van der Waals surface area contributed by atoms with Gasteiger partial charge in [-0.1, -0.05) is 6.92 Å². The first-order chi connectivity index (χ1) is 4.22. The number of hydrogen-bond acceptors (Lipinski definition) is 2. The van der Waals surface area contributed by atoms with Crippen LogP contribution >= 0.6 is 0 Å². The van der Waals surface area contributed by atoms with Crippen LogP contribution in [0.2, 0.25) is 0 Å². The van der Waals surface area contributed by atoms with Crippen molar-refractivity contribution in [3.8, 4) is 0 Å². The van der Waals surface area contributed by atoms with Crippen molar-refractivity contribution < 1.29 is 0 Å². The van der Waals surface area contributed by atoms with Gasteiger partial charge in [-0.25, -0.2) is 0 Å². The van der Waals surface area contributed by atoms with E-state index in [0.717, 1.165) is 13.1 Å². The average Bonchev–Trinajstić information content (AvgIpc) is 2.29. The number of fused-ring (bicyclic) bond motifs is 1. The van der Waals surface area contributed by atoms with E-state index >= 15 is 0 Å². The van der Waals surface area contributed by atoms with Gasteiger partial charge >= 0.3 is 0 Å². The standard InChI is InChI=1S/C7H14N2/c1-6-2-7(6,3-8)5-9-4-6/h9H,2-5,8H2,1H3. The fourth-order valence-corrected chi connectivity index (χ4v) is 2.20. The van der Waals surface area contributed by atoms with Crippen LogP contribution < -0.4 is 11.1 Å². The summed E-state index contributed by atoms with van der Waals surface area (Å²) < 4.78 is 0. The van der Waals surface area contributed by atoms with Gasteiger partial charge in [0.25, 0.3) is 0 Å². The van der Waals surface area contributed by atoms with Gasteiger partial charge in [0.05, 0.1) is 0 Å². The first-order valence-corrected chi connectivity index (χ1v) is 3.63. The van der Waals surface area contributed by atoms with E-state index in [2.05, 4.69) is 12.2 Å². The van der Waals surface area contributed by atoms with Gasteiger partial charge in [-0.15, -0.1) is 0 Å². The first-order valence-electron chi connectivity index (χ1n) is 3.63. The fraction of sp³-hybridized carbons (Fsp3) is 1.00. The van der Waals surface area contributed by atoms with Crippen molar-refractivity contribution in [1.29, 1.82) is 0 Å². The molecule has 52 valence electrons. The predicted octanol–water partition coefficient (Wildman–Crippen LogP) is -0.0553. The maximum Gasteiger partial charge on any atom is 0.00261 e. The molecule has 3 N–H and O–H groups in total. The molecule has 1 saturated heterocycles. The molecule has 0 bridgehead atoms. The molecule has 2 fully saturated rings. The summed E-state index contributed by atoms with van der Waals surface area (Å²) in [5, 5.41) is 3.37. The van der Waals surface area contributed by atoms with Gasteiger partial charge in [-0.3, -0.25) is 0 Å². The zero-order valence-electron chi connectivity index (χ0n) is 5.91. The molecule has 1 heterocycles. The third-order valence-corrected chi connectivity index (χ3v) is 3.25. The van der Waals surface area contributed by atoms with Crippen LogP contribution in [0.5, 0.6) is 0 Å². The lowest BCUT2D eigenvalue weighted by Gasteiger charge is -2.08. The molecule has 2 heteroatoms. The van der Waals surface area contributed by atoms with Gasteiger partial charge in [0, 0.05) is 18.5 Å². The maximum absolute atomic E-state index is 5.65. The molecule has 1 aliphatic heterocycles. The molecule has 0 aromatic rings. The molecule has 2 unspecified atom stereocenters.